The zero-order chi connectivity index (χ0) is 16.8. The summed E-state index contributed by atoms with van der Waals surface area (Å²) in [5, 5.41) is 0.652. The van der Waals surface area contributed by atoms with E-state index < -0.39 is 12.1 Å². The highest BCUT2D eigenvalue weighted by Gasteiger charge is 2.42. The third-order valence-corrected chi connectivity index (χ3v) is 4.16. The number of ether oxygens (including phenoxy) is 2. The summed E-state index contributed by atoms with van der Waals surface area (Å²) in [6.45, 7) is 4.69. The highest BCUT2D eigenvalue weighted by atomic mass is 35.5. The lowest BCUT2D eigenvalue weighted by Crippen LogP contribution is -2.44. The molecule has 0 bridgehead atoms. The van der Waals surface area contributed by atoms with Gasteiger partial charge in [-0.3, -0.25) is 14.5 Å². The van der Waals surface area contributed by atoms with Crippen LogP contribution in [0.25, 0.3) is 0 Å². The van der Waals surface area contributed by atoms with Gasteiger partial charge in [-0.15, -0.1) is 0 Å². The van der Waals surface area contributed by atoms with E-state index in [4.69, 9.17) is 21.1 Å². The third kappa shape index (κ3) is 4.45. The molecule has 5 nitrogen and oxygen atoms in total. The van der Waals surface area contributed by atoms with Crippen molar-refractivity contribution in [3.63, 3.8) is 0 Å². The van der Waals surface area contributed by atoms with E-state index in [9.17, 15) is 9.59 Å². The zero-order valence-corrected chi connectivity index (χ0v) is 14.2. The van der Waals surface area contributed by atoms with Crippen LogP contribution >= 0.6 is 11.6 Å². The van der Waals surface area contributed by atoms with E-state index in [0.29, 0.717) is 37.6 Å². The predicted octanol–water partition coefficient (Wildman–Crippen LogP) is 2.80. The van der Waals surface area contributed by atoms with Crippen LogP contribution in [0.5, 0.6) is 0 Å². The molecule has 0 N–H and O–H groups in total. The lowest BCUT2D eigenvalue weighted by Gasteiger charge is -2.27. The fourth-order valence-corrected chi connectivity index (χ4v) is 2.99. The Kier molecular flexibility index (Phi) is 6.42. The van der Waals surface area contributed by atoms with Gasteiger partial charge in [0, 0.05) is 11.6 Å². The third-order valence-electron chi connectivity index (χ3n) is 3.91. The second-order valence-corrected chi connectivity index (χ2v) is 5.85. The summed E-state index contributed by atoms with van der Waals surface area (Å²) in [6, 6.07) is 6.55. The number of rotatable bonds is 6. The molecule has 2 atom stereocenters. The SMILES string of the molecule is CCOC(=O)[C@H]1CC[C@@H](C(=O)OCC)N1Cc1ccc(Cl)cc1. The van der Waals surface area contributed by atoms with Crippen molar-refractivity contribution < 1.29 is 19.1 Å². The molecule has 2 rings (SSSR count). The first-order valence-electron chi connectivity index (χ1n) is 7.90. The smallest absolute Gasteiger partial charge is 0.323 e. The van der Waals surface area contributed by atoms with E-state index in [-0.39, 0.29) is 11.9 Å². The molecule has 0 radical (unpaired) electrons. The monoisotopic (exact) mass is 339 g/mol. The number of benzene rings is 1. The van der Waals surface area contributed by atoms with E-state index in [1.165, 1.54) is 0 Å². The number of carbonyl (C=O) groups excluding carboxylic acids is 2. The molecule has 1 aromatic rings. The average molecular weight is 340 g/mol. The summed E-state index contributed by atoms with van der Waals surface area (Å²) in [4.78, 5) is 26.3. The Hall–Kier alpha value is -1.59. The van der Waals surface area contributed by atoms with Crippen LogP contribution in [0.4, 0.5) is 0 Å². The number of halogens is 1. The molecule has 1 aromatic carbocycles. The maximum Gasteiger partial charge on any atom is 0.323 e. The van der Waals surface area contributed by atoms with Gasteiger partial charge in [0.1, 0.15) is 12.1 Å². The largest absolute Gasteiger partial charge is 0.465 e. The van der Waals surface area contributed by atoms with Crippen LogP contribution in [-0.2, 0) is 25.6 Å². The van der Waals surface area contributed by atoms with Gasteiger partial charge in [-0.25, -0.2) is 0 Å². The van der Waals surface area contributed by atoms with Crippen LogP contribution < -0.4 is 0 Å². The van der Waals surface area contributed by atoms with Crippen molar-refractivity contribution in [3.05, 3.63) is 34.9 Å². The minimum Gasteiger partial charge on any atom is -0.465 e. The normalized spacial score (nSPS) is 21.2. The number of hydrogen-bond donors (Lipinski definition) is 0. The summed E-state index contributed by atoms with van der Waals surface area (Å²) >= 11 is 5.91. The number of carbonyl (C=O) groups is 2. The van der Waals surface area contributed by atoms with Crippen molar-refractivity contribution in [2.75, 3.05) is 13.2 Å². The van der Waals surface area contributed by atoms with Gasteiger partial charge in [0.05, 0.1) is 13.2 Å². The fourth-order valence-electron chi connectivity index (χ4n) is 2.87. The first kappa shape index (κ1) is 17.8. The topological polar surface area (TPSA) is 55.8 Å². The van der Waals surface area contributed by atoms with Crippen molar-refractivity contribution in [1.82, 2.24) is 4.90 Å². The molecular formula is C17H22ClNO4. The molecule has 1 fully saturated rings. The average Bonchev–Trinajstić information content (AvgIpc) is 2.94. The maximum atomic E-state index is 12.2. The molecule has 0 amide bonds. The Morgan fingerprint density at radius 1 is 1.04 bits per heavy atom. The number of likely N-dealkylation sites (tertiary alicyclic amines) is 1. The summed E-state index contributed by atoms with van der Waals surface area (Å²) in [5.41, 5.74) is 0.986. The van der Waals surface area contributed by atoms with Crippen molar-refractivity contribution in [2.24, 2.45) is 0 Å². The molecule has 1 aliphatic rings. The minimum absolute atomic E-state index is 0.284. The molecule has 0 aromatic heterocycles. The molecule has 1 saturated heterocycles. The van der Waals surface area contributed by atoms with Gasteiger partial charge >= 0.3 is 11.9 Å². The molecular weight excluding hydrogens is 318 g/mol. The van der Waals surface area contributed by atoms with Crippen molar-refractivity contribution in [3.8, 4) is 0 Å². The summed E-state index contributed by atoms with van der Waals surface area (Å²) in [7, 11) is 0. The second-order valence-electron chi connectivity index (χ2n) is 5.41. The maximum absolute atomic E-state index is 12.2. The summed E-state index contributed by atoms with van der Waals surface area (Å²) in [6.07, 6.45) is 1.19. The Balaban J connectivity index is 2.18. The van der Waals surface area contributed by atoms with Gasteiger partial charge in [0.25, 0.3) is 0 Å². The summed E-state index contributed by atoms with van der Waals surface area (Å²) in [5.74, 6) is -0.568. The fraction of sp³-hybridized carbons (Fsp3) is 0.529. The molecule has 0 saturated carbocycles. The van der Waals surface area contributed by atoms with Crippen molar-refractivity contribution >= 4 is 23.5 Å². The van der Waals surface area contributed by atoms with Crippen molar-refractivity contribution in [2.45, 2.75) is 45.3 Å². The van der Waals surface area contributed by atoms with Crippen molar-refractivity contribution in [1.29, 1.82) is 0 Å². The second kappa shape index (κ2) is 8.31. The lowest BCUT2D eigenvalue weighted by atomic mass is 10.2. The zero-order valence-electron chi connectivity index (χ0n) is 13.5. The van der Waals surface area contributed by atoms with Crippen LogP contribution in [0.1, 0.15) is 32.3 Å². The van der Waals surface area contributed by atoms with Gasteiger partial charge in [-0.2, -0.15) is 0 Å². The van der Waals surface area contributed by atoms with Gasteiger partial charge in [-0.05, 0) is 44.4 Å². The van der Waals surface area contributed by atoms with Gasteiger partial charge in [0.2, 0.25) is 0 Å². The molecule has 126 valence electrons. The predicted molar refractivity (Wildman–Crippen MR) is 87.1 cm³/mol. The van der Waals surface area contributed by atoms with E-state index in [1.54, 1.807) is 26.0 Å². The highest BCUT2D eigenvalue weighted by molar-refractivity contribution is 6.30. The molecule has 0 aliphatic carbocycles. The van der Waals surface area contributed by atoms with Crippen LogP contribution in [0.2, 0.25) is 5.02 Å². The van der Waals surface area contributed by atoms with E-state index >= 15 is 0 Å². The molecule has 1 aliphatic heterocycles. The Morgan fingerprint density at radius 2 is 1.52 bits per heavy atom. The van der Waals surface area contributed by atoms with Gasteiger partial charge < -0.3 is 9.47 Å². The summed E-state index contributed by atoms with van der Waals surface area (Å²) < 4.78 is 10.3. The molecule has 23 heavy (non-hydrogen) atoms. The van der Waals surface area contributed by atoms with E-state index in [0.717, 1.165) is 5.56 Å². The highest BCUT2D eigenvalue weighted by Crippen LogP contribution is 2.28. The van der Waals surface area contributed by atoms with Gasteiger partial charge in [-0.1, -0.05) is 23.7 Å². The molecule has 0 spiro atoms. The van der Waals surface area contributed by atoms with Crippen LogP contribution in [0.15, 0.2) is 24.3 Å². The number of hydrogen-bond acceptors (Lipinski definition) is 5. The lowest BCUT2D eigenvalue weighted by molar-refractivity contribution is -0.153. The molecule has 6 heteroatoms. The quantitative estimate of drug-likeness (QED) is 0.746. The Morgan fingerprint density at radius 3 is 1.96 bits per heavy atom. The van der Waals surface area contributed by atoms with E-state index in [1.807, 2.05) is 17.0 Å². The number of esters is 2. The first-order chi connectivity index (χ1) is 11.1. The Bertz CT molecular complexity index is 520. The standard InChI is InChI=1S/C17H22ClNO4/c1-3-22-16(20)14-9-10-15(17(21)23-4-2)19(14)11-12-5-7-13(18)8-6-12/h5-8,14-15H,3-4,9-11H2,1-2H3/t14-,15+. The molecule has 0 unspecified atom stereocenters. The van der Waals surface area contributed by atoms with Crippen LogP contribution in [0.3, 0.4) is 0 Å². The first-order valence-corrected chi connectivity index (χ1v) is 8.28. The van der Waals surface area contributed by atoms with E-state index in [2.05, 4.69) is 0 Å². The molecule has 1 heterocycles. The van der Waals surface area contributed by atoms with Crippen LogP contribution in [0, 0.1) is 0 Å². The van der Waals surface area contributed by atoms with Gasteiger partial charge in [0.15, 0.2) is 0 Å². The Labute approximate surface area is 141 Å². The van der Waals surface area contributed by atoms with Crippen LogP contribution in [-0.4, -0.2) is 42.1 Å². The number of nitrogens with zero attached hydrogens (tertiary/aromatic N) is 1. The minimum atomic E-state index is -0.417.